The Labute approximate surface area is 78.5 Å². The second-order valence-electron chi connectivity index (χ2n) is 2.64. The van der Waals surface area contributed by atoms with Gasteiger partial charge in [-0.05, 0) is 28.1 Å². The third-order valence-electron chi connectivity index (χ3n) is 1.92. The Morgan fingerprint density at radius 2 is 2.64 bits per heavy atom. The van der Waals surface area contributed by atoms with E-state index in [0.29, 0.717) is 6.04 Å². The molecular formula is C7H9BrN2S. The number of aromatic nitrogens is 2. The summed E-state index contributed by atoms with van der Waals surface area (Å²) >= 11 is 5.49. The molecule has 1 aromatic rings. The summed E-state index contributed by atoms with van der Waals surface area (Å²) in [6.45, 7) is 0. The molecule has 2 rings (SSSR count). The van der Waals surface area contributed by atoms with Gasteiger partial charge in [0, 0.05) is 11.8 Å². The molecule has 11 heavy (non-hydrogen) atoms. The van der Waals surface area contributed by atoms with Gasteiger partial charge in [0.25, 0.3) is 0 Å². The van der Waals surface area contributed by atoms with E-state index in [9.17, 15) is 0 Å². The molecule has 0 aromatic carbocycles. The fraction of sp³-hybridized carbons (Fsp3) is 0.571. The van der Waals surface area contributed by atoms with Crippen molar-refractivity contribution in [3.05, 3.63) is 17.1 Å². The van der Waals surface area contributed by atoms with Crippen LogP contribution in [0.2, 0.25) is 0 Å². The Hall–Kier alpha value is 0.0400. The molecule has 60 valence electrons. The Balaban J connectivity index is 2.21. The first-order valence-corrected chi connectivity index (χ1v) is 5.58. The molecule has 2 nitrogen and oxygen atoms in total. The van der Waals surface area contributed by atoms with Crippen molar-refractivity contribution in [3.8, 4) is 0 Å². The van der Waals surface area contributed by atoms with Crippen LogP contribution in [0.1, 0.15) is 12.5 Å². The number of hydrogen-bond donors (Lipinski definition) is 0. The molecule has 0 radical (unpaired) electrons. The smallest absolute Gasteiger partial charge is 0.105 e. The molecule has 0 N–H and O–H groups in total. The summed E-state index contributed by atoms with van der Waals surface area (Å²) in [7, 11) is 0. The van der Waals surface area contributed by atoms with Gasteiger partial charge in [0.15, 0.2) is 0 Å². The van der Waals surface area contributed by atoms with Crippen molar-refractivity contribution < 1.29 is 0 Å². The Kier molecular flexibility index (Phi) is 2.23. The lowest BCUT2D eigenvalue weighted by molar-refractivity contribution is 0.551. The van der Waals surface area contributed by atoms with Crippen molar-refractivity contribution in [2.24, 2.45) is 0 Å². The highest BCUT2D eigenvalue weighted by atomic mass is 79.9. The van der Waals surface area contributed by atoms with E-state index < -0.39 is 0 Å². The van der Waals surface area contributed by atoms with Gasteiger partial charge in [-0.1, -0.05) is 0 Å². The van der Waals surface area contributed by atoms with Gasteiger partial charge < -0.3 is 4.57 Å². The first-order chi connectivity index (χ1) is 5.38. The minimum absolute atomic E-state index is 0.664. The van der Waals surface area contributed by atoms with E-state index >= 15 is 0 Å². The van der Waals surface area contributed by atoms with Gasteiger partial charge in [0.1, 0.15) is 4.60 Å². The number of thioether (sulfide) groups is 1. The van der Waals surface area contributed by atoms with Gasteiger partial charge in [0.2, 0.25) is 0 Å². The van der Waals surface area contributed by atoms with E-state index in [1.807, 2.05) is 24.3 Å². The molecule has 4 heteroatoms. The van der Waals surface area contributed by atoms with Crippen LogP contribution < -0.4 is 0 Å². The maximum absolute atomic E-state index is 4.07. The lowest BCUT2D eigenvalue weighted by atomic mass is 10.3. The Morgan fingerprint density at radius 1 is 1.73 bits per heavy atom. The molecule has 0 aliphatic carbocycles. The zero-order valence-electron chi connectivity index (χ0n) is 6.03. The van der Waals surface area contributed by atoms with Crippen molar-refractivity contribution in [2.75, 3.05) is 11.5 Å². The average Bonchev–Trinajstić information content (AvgIpc) is 2.55. The quantitative estimate of drug-likeness (QED) is 0.740. The number of hydrogen-bond acceptors (Lipinski definition) is 2. The summed E-state index contributed by atoms with van der Waals surface area (Å²) in [5.74, 6) is 2.52. The molecular weight excluding hydrogens is 224 g/mol. The van der Waals surface area contributed by atoms with E-state index in [0.717, 1.165) is 4.60 Å². The summed E-state index contributed by atoms with van der Waals surface area (Å²) < 4.78 is 3.31. The van der Waals surface area contributed by atoms with Gasteiger partial charge in [-0.2, -0.15) is 11.8 Å². The SMILES string of the molecule is Brc1cncn1C1CCSC1. The molecule has 1 unspecified atom stereocenters. The van der Waals surface area contributed by atoms with Gasteiger partial charge in [-0.3, -0.25) is 0 Å². The summed E-state index contributed by atoms with van der Waals surface area (Å²) in [5.41, 5.74) is 0. The molecule has 1 aromatic heterocycles. The minimum Gasteiger partial charge on any atom is -0.321 e. The standard InChI is InChI=1S/C7H9BrN2S/c8-7-3-9-5-10(7)6-1-2-11-4-6/h3,5-6H,1-2,4H2. The van der Waals surface area contributed by atoms with Crippen LogP contribution in [0.15, 0.2) is 17.1 Å². The van der Waals surface area contributed by atoms with Crippen molar-refractivity contribution in [1.29, 1.82) is 0 Å². The largest absolute Gasteiger partial charge is 0.321 e. The van der Waals surface area contributed by atoms with Gasteiger partial charge >= 0.3 is 0 Å². The molecule has 0 saturated carbocycles. The van der Waals surface area contributed by atoms with Crippen LogP contribution in [0.4, 0.5) is 0 Å². The fourth-order valence-corrected chi connectivity index (χ4v) is 3.00. The maximum Gasteiger partial charge on any atom is 0.105 e. The van der Waals surface area contributed by atoms with E-state index in [1.54, 1.807) is 0 Å². The number of rotatable bonds is 1. The normalized spacial score (nSPS) is 24.3. The second-order valence-corrected chi connectivity index (χ2v) is 4.60. The lowest BCUT2D eigenvalue weighted by Gasteiger charge is -2.10. The van der Waals surface area contributed by atoms with E-state index in [4.69, 9.17) is 0 Å². The predicted molar refractivity (Wildman–Crippen MR) is 50.9 cm³/mol. The fourth-order valence-electron chi connectivity index (χ4n) is 1.30. The van der Waals surface area contributed by atoms with Crippen LogP contribution in [-0.2, 0) is 0 Å². The molecule has 0 spiro atoms. The van der Waals surface area contributed by atoms with Crippen LogP contribution >= 0.6 is 27.7 Å². The number of halogens is 1. The molecule has 1 saturated heterocycles. The highest BCUT2D eigenvalue weighted by Gasteiger charge is 2.18. The summed E-state index contributed by atoms with van der Waals surface area (Å²) in [6, 6.07) is 0.664. The zero-order chi connectivity index (χ0) is 7.68. The monoisotopic (exact) mass is 232 g/mol. The molecule has 1 aliphatic heterocycles. The molecule has 1 fully saturated rings. The molecule has 0 bridgehead atoms. The van der Waals surface area contributed by atoms with Gasteiger partial charge in [-0.15, -0.1) is 0 Å². The molecule has 2 heterocycles. The highest BCUT2D eigenvalue weighted by molar-refractivity contribution is 9.10. The number of imidazole rings is 1. The predicted octanol–water partition coefficient (Wildman–Crippen LogP) is 2.32. The molecule has 1 atom stereocenters. The van der Waals surface area contributed by atoms with Crippen LogP contribution in [0, 0.1) is 0 Å². The van der Waals surface area contributed by atoms with Gasteiger partial charge in [0.05, 0.1) is 12.5 Å². The van der Waals surface area contributed by atoms with E-state index in [1.165, 1.54) is 17.9 Å². The van der Waals surface area contributed by atoms with E-state index in [2.05, 4.69) is 25.5 Å². The summed E-state index contributed by atoms with van der Waals surface area (Å²) in [6.07, 6.45) is 5.03. The van der Waals surface area contributed by atoms with Crippen LogP contribution in [0.25, 0.3) is 0 Å². The van der Waals surface area contributed by atoms with Gasteiger partial charge in [-0.25, -0.2) is 4.98 Å². The summed E-state index contributed by atoms with van der Waals surface area (Å²) in [4.78, 5) is 4.07. The topological polar surface area (TPSA) is 17.8 Å². The third-order valence-corrected chi connectivity index (χ3v) is 3.68. The lowest BCUT2D eigenvalue weighted by Crippen LogP contribution is -2.06. The van der Waals surface area contributed by atoms with E-state index in [-0.39, 0.29) is 0 Å². The zero-order valence-corrected chi connectivity index (χ0v) is 8.44. The summed E-state index contributed by atoms with van der Waals surface area (Å²) in [5, 5.41) is 0. The maximum atomic E-state index is 4.07. The van der Waals surface area contributed by atoms with Crippen molar-refractivity contribution in [1.82, 2.24) is 9.55 Å². The first-order valence-electron chi connectivity index (χ1n) is 3.63. The third kappa shape index (κ3) is 1.47. The van der Waals surface area contributed by atoms with Crippen molar-refractivity contribution in [2.45, 2.75) is 12.5 Å². The van der Waals surface area contributed by atoms with Crippen molar-refractivity contribution >= 4 is 27.7 Å². The molecule has 1 aliphatic rings. The van der Waals surface area contributed by atoms with Crippen molar-refractivity contribution in [3.63, 3.8) is 0 Å². The van der Waals surface area contributed by atoms with Crippen LogP contribution in [0.3, 0.4) is 0 Å². The van der Waals surface area contributed by atoms with Crippen LogP contribution in [-0.4, -0.2) is 21.1 Å². The minimum atomic E-state index is 0.664. The second kappa shape index (κ2) is 3.19. The highest BCUT2D eigenvalue weighted by Crippen LogP contribution is 2.29. The Bertz CT molecular complexity index is 242. The first kappa shape index (κ1) is 7.68. The Morgan fingerprint density at radius 3 is 3.18 bits per heavy atom. The number of nitrogens with zero attached hydrogens (tertiary/aromatic N) is 2. The van der Waals surface area contributed by atoms with Crippen LogP contribution in [0.5, 0.6) is 0 Å². The average molecular weight is 233 g/mol. The molecule has 0 amide bonds.